The molecule has 1 heterocycles. The Morgan fingerprint density at radius 3 is 2.69 bits per heavy atom. The lowest BCUT2D eigenvalue weighted by atomic mass is 10.1. The van der Waals surface area contributed by atoms with E-state index in [9.17, 15) is 18.0 Å². The van der Waals surface area contributed by atoms with E-state index in [0.29, 0.717) is 6.07 Å². The van der Waals surface area contributed by atoms with E-state index in [0.717, 1.165) is 0 Å². The molecule has 0 saturated carbocycles. The van der Waals surface area contributed by atoms with Crippen molar-refractivity contribution in [3.63, 3.8) is 0 Å². The Bertz CT molecular complexity index is 469. The monoisotopic (exact) mass is 230 g/mol. The van der Waals surface area contributed by atoms with Crippen LogP contribution in [0, 0.1) is 17.1 Å². The summed E-state index contributed by atoms with van der Waals surface area (Å²) in [5, 5.41) is 17.0. The van der Waals surface area contributed by atoms with Gasteiger partial charge >= 0.3 is 5.97 Å². The summed E-state index contributed by atoms with van der Waals surface area (Å²) in [6.45, 7) is 0. The molecule has 0 radical (unpaired) electrons. The highest BCUT2D eigenvalue weighted by Crippen LogP contribution is 2.22. The highest BCUT2D eigenvalue weighted by molar-refractivity contribution is 5.71. The maximum absolute atomic E-state index is 13.0. The SMILES string of the molecule is N#Cc1nc(C(F)F)c(F)cc1CC(=O)O. The standard InChI is InChI=1S/C9H5F3N2O2/c10-5-1-4(2-7(15)16)6(3-13)14-8(5)9(11)12/h1,9H,2H2,(H,15,16). The van der Waals surface area contributed by atoms with E-state index in [1.165, 1.54) is 6.07 Å². The third kappa shape index (κ3) is 2.48. The summed E-state index contributed by atoms with van der Waals surface area (Å²) in [5.74, 6) is -2.62. The molecule has 0 fully saturated rings. The second-order valence-corrected chi connectivity index (χ2v) is 2.85. The molecule has 0 unspecified atom stereocenters. The first kappa shape index (κ1) is 12.0. The number of hydrogen-bond acceptors (Lipinski definition) is 3. The van der Waals surface area contributed by atoms with Crippen LogP contribution >= 0.6 is 0 Å². The number of carboxylic acid groups (broad SMARTS) is 1. The Kier molecular flexibility index (Phi) is 3.45. The van der Waals surface area contributed by atoms with Gasteiger partial charge in [0.25, 0.3) is 6.43 Å². The van der Waals surface area contributed by atoms with Crippen molar-refractivity contribution in [2.75, 3.05) is 0 Å². The van der Waals surface area contributed by atoms with Gasteiger partial charge in [-0.2, -0.15) is 5.26 Å². The Hall–Kier alpha value is -2.10. The van der Waals surface area contributed by atoms with Crippen molar-refractivity contribution >= 4 is 5.97 Å². The maximum atomic E-state index is 13.0. The fourth-order valence-electron chi connectivity index (χ4n) is 1.09. The minimum Gasteiger partial charge on any atom is -0.481 e. The van der Waals surface area contributed by atoms with Crippen molar-refractivity contribution in [1.82, 2.24) is 4.98 Å². The third-order valence-electron chi connectivity index (χ3n) is 1.74. The summed E-state index contributed by atoms with van der Waals surface area (Å²) in [6.07, 6.45) is -3.79. The van der Waals surface area contributed by atoms with Gasteiger partial charge < -0.3 is 5.11 Å². The number of pyridine rings is 1. The Morgan fingerprint density at radius 1 is 1.62 bits per heavy atom. The predicted molar refractivity (Wildman–Crippen MR) is 45.2 cm³/mol. The minimum absolute atomic E-state index is 0.225. The van der Waals surface area contributed by atoms with E-state index in [1.54, 1.807) is 0 Å². The first-order chi connectivity index (χ1) is 7.45. The fourth-order valence-corrected chi connectivity index (χ4v) is 1.09. The van der Waals surface area contributed by atoms with Gasteiger partial charge in [-0.05, 0) is 6.07 Å². The Morgan fingerprint density at radius 2 is 2.25 bits per heavy atom. The van der Waals surface area contributed by atoms with Gasteiger partial charge in [0.1, 0.15) is 17.5 Å². The van der Waals surface area contributed by atoms with Gasteiger partial charge in [0.2, 0.25) is 0 Å². The summed E-state index contributed by atoms with van der Waals surface area (Å²) in [4.78, 5) is 13.5. The molecule has 84 valence electrons. The second-order valence-electron chi connectivity index (χ2n) is 2.85. The van der Waals surface area contributed by atoms with Crippen LogP contribution in [0.5, 0.6) is 0 Å². The van der Waals surface area contributed by atoms with E-state index in [-0.39, 0.29) is 5.56 Å². The van der Waals surface area contributed by atoms with Crippen molar-refractivity contribution in [1.29, 1.82) is 5.26 Å². The first-order valence-corrected chi connectivity index (χ1v) is 4.05. The fraction of sp³-hybridized carbons (Fsp3) is 0.222. The van der Waals surface area contributed by atoms with Crippen molar-refractivity contribution in [2.45, 2.75) is 12.8 Å². The summed E-state index contributed by atoms with van der Waals surface area (Å²) < 4.78 is 37.4. The van der Waals surface area contributed by atoms with Crippen LogP contribution in [0.1, 0.15) is 23.4 Å². The molecule has 0 aliphatic rings. The van der Waals surface area contributed by atoms with E-state index in [1.807, 2.05) is 0 Å². The molecule has 0 saturated heterocycles. The highest BCUT2D eigenvalue weighted by atomic mass is 19.3. The maximum Gasteiger partial charge on any atom is 0.307 e. The van der Waals surface area contributed by atoms with Crippen LogP contribution in [-0.2, 0) is 11.2 Å². The molecule has 0 amide bonds. The van der Waals surface area contributed by atoms with Gasteiger partial charge in [-0.3, -0.25) is 4.79 Å². The zero-order valence-corrected chi connectivity index (χ0v) is 7.75. The van der Waals surface area contributed by atoms with Crippen LogP contribution in [0.15, 0.2) is 6.07 Å². The lowest BCUT2D eigenvalue weighted by Crippen LogP contribution is -2.07. The van der Waals surface area contributed by atoms with E-state index < -0.39 is 36.0 Å². The molecule has 1 aromatic rings. The summed E-state index contributed by atoms with van der Waals surface area (Å²) in [6, 6.07) is 2.05. The van der Waals surface area contributed by atoms with Gasteiger partial charge in [0.15, 0.2) is 5.82 Å². The highest BCUT2D eigenvalue weighted by Gasteiger charge is 2.19. The molecule has 16 heavy (non-hydrogen) atoms. The predicted octanol–water partition coefficient (Wildman–Crippen LogP) is 1.66. The van der Waals surface area contributed by atoms with Gasteiger partial charge in [-0.25, -0.2) is 18.2 Å². The van der Waals surface area contributed by atoms with Crippen LogP contribution in [-0.4, -0.2) is 16.1 Å². The average molecular weight is 230 g/mol. The summed E-state index contributed by atoms with van der Waals surface area (Å²) in [5.41, 5.74) is -1.87. The molecule has 7 heteroatoms. The molecular formula is C9H5F3N2O2. The molecule has 1 aromatic heterocycles. The first-order valence-electron chi connectivity index (χ1n) is 4.05. The molecule has 4 nitrogen and oxygen atoms in total. The molecule has 0 bridgehead atoms. The molecule has 0 aliphatic carbocycles. The third-order valence-corrected chi connectivity index (χ3v) is 1.74. The number of rotatable bonds is 3. The van der Waals surface area contributed by atoms with E-state index in [2.05, 4.69) is 4.98 Å². The van der Waals surface area contributed by atoms with Gasteiger partial charge in [0, 0.05) is 5.56 Å². The van der Waals surface area contributed by atoms with Crippen molar-refractivity contribution in [2.24, 2.45) is 0 Å². The number of aromatic nitrogens is 1. The zero-order chi connectivity index (χ0) is 12.3. The Balaban J connectivity index is 3.27. The molecule has 0 aromatic carbocycles. The van der Waals surface area contributed by atoms with Crippen molar-refractivity contribution in [3.05, 3.63) is 28.8 Å². The molecule has 0 aliphatic heterocycles. The average Bonchev–Trinajstić information content (AvgIpc) is 2.16. The molecular weight excluding hydrogens is 225 g/mol. The lowest BCUT2D eigenvalue weighted by molar-refractivity contribution is -0.136. The number of hydrogen-bond donors (Lipinski definition) is 1. The normalized spacial score (nSPS) is 10.2. The quantitative estimate of drug-likeness (QED) is 0.856. The second kappa shape index (κ2) is 4.61. The van der Waals surface area contributed by atoms with E-state index in [4.69, 9.17) is 10.4 Å². The van der Waals surface area contributed by atoms with Crippen LogP contribution in [0.25, 0.3) is 0 Å². The number of nitriles is 1. The van der Waals surface area contributed by atoms with Gasteiger partial charge in [0.05, 0.1) is 6.42 Å². The Labute approximate surface area is 88.0 Å². The number of nitrogens with zero attached hydrogens (tertiary/aromatic N) is 2. The number of aliphatic carboxylic acids is 1. The number of carboxylic acids is 1. The van der Waals surface area contributed by atoms with Crippen LogP contribution < -0.4 is 0 Å². The molecule has 0 atom stereocenters. The van der Waals surface area contributed by atoms with Crippen molar-refractivity contribution < 1.29 is 23.1 Å². The van der Waals surface area contributed by atoms with Crippen LogP contribution in [0.4, 0.5) is 13.2 Å². The molecule has 1 rings (SSSR count). The van der Waals surface area contributed by atoms with Crippen molar-refractivity contribution in [3.8, 4) is 6.07 Å². The van der Waals surface area contributed by atoms with Crippen LogP contribution in [0.3, 0.4) is 0 Å². The number of carbonyl (C=O) groups is 1. The van der Waals surface area contributed by atoms with Gasteiger partial charge in [-0.15, -0.1) is 0 Å². The minimum atomic E-state index is -3.15. The molecule has 1 N–H and O–H groups in total. The smallest absolute Gasteiger partial charge is 0.307 e. The number of halogens is 3. The number of alkyl halides is 2. The van der Waals surface area contributed by atoms with Gasteiger partial charge in [-0.1, -0.05) is 0 Å². The lowest BCUT2D eigenvalue weighted by Gasteiger charge is -2.05. The molecule has 0 spiro atoms. The zero-order valence-electron chi connectivity index (χ0n) is 7.75. The van der Waals surface area contributed by atoms with Crippen LogP contribution in [0.2, 0.25) is 0 Å². The summed E-state index contributed by atoms with van der Waals surface area (Å²) in [7, 11) is 0. The summed E-state index contributed by atoms with van der Waals surface area (Å²) >= 11 is 0. The topological polar surface area (TPSA) is 74.0 Å². The largest absolute Gasteiger partial charge is 0.481 e. The van der Waals surface area contributed by atoms with E-state index >= 15 is 0 Å².